The topological polar surface area (TPSA) is 140 Å². The standard InChI is InChI=1S/C20H24ClN3O2.C18H20ClN3O.C2H5BrO.ClH/c21-17-6-4-15(5-7-17)19(18-3-1-2-10-22-18)23-20(26)16-8-11-24(12-9-16)13-14-25;19-15-6-4-13(5-7-15)17(16-3-1-2-10-21-16)22-18(23)14-8-11-20-12-9-14;3-1-2-4;/h1-7,10,16,19,25H,8-9,11-14H2,(H,23,26);1-7,10,14,17,20H,8-9,11-12H2,(H,22,23);4H,1-2H2;1H. The van der Waals surface area contributed by atoms with Crippen molar-refractivity contribution in [1.82, 2.24) is 30.8 Å². The van der Waals surface area contributed by atoms with Crippen molar-refractivity contribution in [3.8, 4) is 0 Å². The summed E-state index contributed by atoms with van der Waals surface area (Å²) in [4.78, 5) is 36.5. The van der Waals surface area contributed by atoms with Gasteiger partial charge < -0.3 is 31.1 Å². The Labute approximate surface area is 343 Å². The highest BCUT2D eigenvalue weighted by molar-refractivity contribution is 9.09. The number of carbonyl (C=O) groups is 2. The number of hydrogen-bond acceptors (Lipinski definition) is 8. The van der Waals surface area contributed by atoms with Crippen LogP contribution in [0, 0.1) is 11.8 Å². The molecule has 54 heavy (non-hydrogen) atoms. The van der Waals surface area contributed by atoms with Crippen molar-refractivity contribution in [2.24, 2.45) is 11.8 Å². The Morgan fingerprint density at radius 1 is 0.722 bits per heavy atom. The van der Waals surface area contributed by atoms with Crippen LogP contribution in [-0.4, -0.2) is 88.2 Å². The van der Waals surface area contributed by atoms with Gasteiger partial charge in [0.25, 0.3) is 0 Å². The van der Waals surface area contributed by atoms with E-state index in [1.54, 1.807) is 12.4 Å². The van der Waals surface area contributed by atoms with Gasteiger partial charge in [-0.15, -0.1) is 12.4 Å². The first-order valence-electron chi connectivity index (χ1n) is 18.0. The number of nitrogens with zero attached hydrogens (tertiary/aromatic N) is 3. The summed E-state index contributed by atoms with van der Waals surface area (Å²) >= 11 is 15.0. The Balaban J connectivity index is 0.000000261. The van der Waals surface area contributed by atoms with Gasteiger partial charge in [-0.2, -0.15) is 0 Å². The summed E-state index contributed by atoms with van der Waals surface area (Å²) in [7, 11) is 0. The minimum atomic E-state index is -0.295. The number of hydrogen-bond donors (Lipinski definition) is 5. The lowest BCUT2D eigenvalue weighted by Gasteiger charge is -2.31. The van der Waals surface area contributed by atoms with E-state index in [-0.39, 0.29) is 61.4 Å². The second-order valence-corrected chi connectivity index (χ2v) is 14.4. The number of amides is 2. The Bertz CT molecular complexity index is 1630. The minimum absolute atomic E-state index is 0. The molecule has 4 heterocycles. The van der Waals surface area contributed by atoms with Crippen LogP contribution in [0.25, 0.3) is 0 Å². The number of β-amino-alcohol motifs (C(OH)–C–C–N with tert-alkyl or cyclic N) is 1. The molecule has 2 unspecified atom stereocenters. The number of halogens is 4. The number of aliphatic hydroxyl groups excluding tert-OH is 2. The normalized spacial score (nSPS) is 15.9. The van der Waals surface area contributed by atoms with Crippen molar-refractivity contribution in [3.63, 3.8) is 0 Å². The summed E-state index contributed by atoms with van der Waals surface area (Å²) in [6.07, 6.45) is 6.85. The molecule has 14 heteroatoms. The van der Waals surface area contributed by atoms with Crippen LogP contribution in [0.4, 0.5) is 0 Å². The number of benzene rings is 2. The molecule has 2 aliphatic heterocycles. The SMILES string of the molecule is Cl.O=C(NC(c1ccc(Cl)cc1)c1ccccn1)C1CCN(CCO)CC1.O=C(NC(c1ccc(Cl)cc1)c1ccccn1)C1CCNCC1.OCCBr. The number of alkyl halides is 1. The molecule has 0 radical (unpaired) electrons. The predicted octanol–water partition coefficient (Wildman–Crippen LogP) is 6.38. The van der Waals surface area contributed by atoms with Crippen molar-refractivity contribution >= 4 is 63.4 Å². The van der Waals surface area contributed by atoms with Crippen LogP contribution < -0.4 is 16.0 Å². The van der Waals surface area contributed by atoms with Crippen molar-refractivity contribution < 1.29 is 19.8 Å². The molecule has 2 aromatic carbocycles. The molecule has 0 aliphatic carbocycles. The third-order valence-corrected chi connectivity index (χ3v) is 9.97. The van der Waals surface area contributed by atoms with E-state index in [9.17, 15) is 9.59 Å². The van der Waals surface area contributed by atoms with Crippen molar-refractivity contribution in [2.45, 2.75) is 37.8 Å². The number of piperidine rings is 2. The first kappa shape index (κ1) is 45.3. The Morgan fingerprint density at radius 3 is 1.52 bits per heavy atom. The summed E-state index contributed by atoms with van der Waals surface area (Å²) in [5, 5.41) is 28.5. The van der Waals surface area contributed by atoms with Gasteiger partial charge in [-0.25, -0.2) is 0 Å². The molecule has 2 aromatic heterocycles. The van der Waals surface area contributed by atoms with E-state index in [1.807, 2.05) is 84.9 Å². The average Bonchev–Trinajstić information content (AvgIpc) is 3.21. The highest BCUT2D eigenvalue weighted by Gasteiger charge is 2.28. The molecule has 5 N–H and O–H groups in total. The van der Waals surface area contributed by atoms with Crippen molar-refractivity contribution in [1.29, 1.82) is 0 Å². The number of likely N-dealkylation sites (tertiary alicyclic amines) is 1. The first-order valence-corrected chi connectivity index (χ1v) is 19.8. The summed E-state index contributed by atoms with van der Waals surface area (Å²) in [5.41, 5.74) is 3.58. The Kier molecular flexibility index (Phi) is 21.0. The molecule has 6 rings (SSSR count). The maximum Gasteiger partial charge on any atom is 0.224 e. The van der Waals surface area contributed by atoms with Crippen LogP contribution >= 0.6 is 51.5 Å². The van der Waals surface area contributed by atoms with E-state index in [2.05, 4.69) is 46.7 Å². The van der Waals surface area contributed by atoms with Crippen LogP contribution in [0.5, 0.6) is 0 Å². The number of nitrogens with one attached hydrogen (secondary N) is 3. The number of rotatable bonds is 11. The zero-order chi connectivity index (χ0) is 37.8. The van der Waals surface area contributed by atoms with E-state index >= 15 is 0 Å². The average molecular weight is 865 g/mol. The maximum absolute atomic E-state index is 12.9. The molecule has 2 aliphatic rings. The number of pyridine rings is 2. The Morgan fingerprint density at radius 2 is 1.15 bits per heavy atom. The van der Waals surface area contributed by atoms with E-state index < -0.39 is 0 Å². The molecule has 4 aromatic rings. The van der Waals surface area contributed by atoms with Gasteiger partial charge >= 0.3 is 0 Å². The lowest BCUT2D eigenvalue weighted by atomic mass is 9.94. The molecule has 2 amide bonds. The lowest BCUT2D eigenvalue weighted by Crippen LogP contribution is -2.42. The van der Waals surface area contributed by atoms with Crippen LogP contribution in [0.1, 0.15) is 60.3 Å². The van der Waals surface area contributed by atoms with Gasteiger partial charge in [0, 0.05) is 46.1 Å². The van der Waals surface area contributed by atoms with Gasteiger partial charge in [-0.3, -0.25) is 19.6 Å². The van der Waals surface area contributed by atoms with E-state index in [4.69, 9.17) is 33.4 Å². The fourth-order valence-corrected chi connectivity index (χ4v) is 6.48. The monoisotopic (exact) mass is 862 g/mol. The molecule has 2 fully saturated rings. The molecule has 0 spiro atoms. The molecule has 0 saturated carbocycles. The van der Waals surface area contributed by atoms with E-state index in [0.29, 0.717) is 21.9 Å². The highest BCUT2D eigenvalue weighted by Crippen LogP contribution is 2.26. The second-order valence-electron chi connectivity index (χ2n) is 12.8. The van der Waals surface area contributed by atoms with Crippen LogP contribution in [0.15, 0.2) is 97.3 Å². The molecule has 2 saturated heterocycles. The maximum atomic E-state index is 12.9. The third kappa shape index (κ3) is 14.8. The Hall–Kier alpha value is -3.13. The zero-order valence-corrected chi connectivity index (χ0v) is 34.0. The smallest absolute Gasteiger partial charge is 0.224 e. The predicted molar refractivity (Wildman–Crippen MR) is 221 cm³/mol. The molecular weight excluding hydrogens is 815 g/mol. The highest BCUT2D eigenvalue weighted by atomic mass is 79.9. The molecule has 10 nitrogen and oxygen atoms in total. The zero-order valence-electron chi connectivity index (χ0n) is 30.1. The lowest BCUT2D eigenvalue weighted by molar-refractivity contribution is -0.127. The molecule has 292 valence electrons. The van der Waals surface area contributed by atoms with Crippen molar-refractivity contribution in [3.05, 3.63) is 130 Å². The van der Waals surface area contributed by atoms with Gasteiger partial charge in [0.2, 0.25) is 11.8 Å². The summed E-state index contributed by atoms with van der Waals surface area (Å²) in [6.45, 7) is 4.55. The van der Waals surface area contributed by atoms with Gasteiger partial charge in [0.1, 0.15) is 0 Å². The van der Waals surface area contributed by atoms with Crippen LogP contribution in [0.3, 0.4) is 0 Å². The van der Waals surface area contributed by atoms with Gasteiger partial charge in [0.05, 0.1) is 36.7 Å². The van der Waals surface area contributed by atoms with Crippen LogP contribution in [-0.2, 0) is 9.59 Å². The van der Waals surface area contributed by atoms with E-state index in [1.165, 1.54) is 0 Å². The first-order chi connectivity index (χ1) is 25.8. The summed E-state index contributed by atoms with van der Waals surface area (Å²) < 4.78 is 0. The van der Waals surface area contributed by atoms with Gasteiger partial charge in [0.15, 0.2) is 0 Å². The second kappa shape index (κ2) is 25.1. The van der Waals surface area contributed by atoms with E-state index in [0.717, 1.165) is 74.4 Å². The largest absolute Gasteiger partial charge is 0.396 e. The number of aromatic nitrogens is 2. The third-order valence-electron chi connectivity index (χ3n) is 9.12. The number of aliphatic hydroxyl groups is 2. The summed E-state index contributed by atoms with van der Waals surface area (Å²) in [5.74, 6) is 0.203. The van der Waals surface area contributed by atoms with Crippen LogP contribution in [0.2, 0.25) is 10.0 Å². The van der Waals surface area contributed by atoms with Gasteiger partial charge in [-0.1, -0.05) is 75.5 Å². The minimum Gasteiger partial charge on any atom is -0.396 e. The fraction of sp³-hybridized carbons (Fsp3) is 0.400. The molecule has 0 bridgehead atoms. The molecule has 2 atom stereocenters. The number of carbonyl (C=O) groups excluding carboxylic acids is 2. The quantitative estimate of drug-likeness (QED) is 0.110. The fourth-order valence-electron chi connectivity index (χ4n) is 6.22. The summed E-state index contributed by atoms with van der Waals surface area (Å²) in [6, 6.07) is 25.9. The van der Waals surface area contributed by atoms with Gasteiger partial charge in [-0.05, 0) is 112 Å². The van der Waals surface area contributed by atoms with Crippen molar-refractivity contribution in [2.75, 3.05) is 51.3 Å². The molecular formula is C40H50BrCl3N6O4.